The number of hydrogen-bond donors (Lipinski definition) is 1. The summed E-state index contributed by atoms with van der Waals surface area (Å²) < 4.78 is 5.47. The van der Waals surface area contributed by atoms with Gasteiger partial charge in [0.2, 0.25) is 0 Å². The number of furan rings is 1. The summed E-state index contributed by atoms with van der Waals surface area (Å²) in [6, 6.07) is 2.29. The van der Waals surface area contributed by atoms with E-state index in [9.17, 15) is 0 Å². The van der Waals surface area contributed by atoms with Gasteiger partial charge in [-0.3, -0.25) is 0 Å². The van der Waals surface area contributed by atoms with Crippen molar-refractivity contribution in [1.82, 2.24) is 0 Å². The Balaban J connectivity index is 1.69. The molecule has 18 heavy (non-hydrogen) atoms. The molecule has 0 saturated heterocycles. The van der Waals surface area contributed by atoms with Crippen LogP contribution in [-0.4, -0.2) is 0 Å². The molecule has 1 aromatic rings. The molecule has 0 spiro atoms. The van der Waals surface area contributed by atoms with Crippen LogP contribution in [0.15, 0.2) is 16.7 Å². The minimum absolute atomic E-state index is 0.199. The van der Waals surface area contributed by atoms with Crippen LogP contribution >= 0.6 is 0 Å². The standard InChI is InChI=1S/C16H23NO/c1-10-14(2-3-18-10)15(17)16-7-11-4-12(8-16)6-13(5-11)9-16/h2-3,11-13,15H,4-9,17H2,1H3. The van der Waals surface area contributed by atoms with Crippen molar-refractivity contribution in [1.29, 1.82) is 0 Å². The van der Waals surface area contributed by atoms with E-state index in [-0.39, 0.29) is 6.04 Å². The Morgan fingerprint density at radius 1 is 1.17 bits per heavy atom. The van der Waals surface area contributed by atoms with Crippen LogP contribution in [0.2, 0.25) is 0 Å². The van der Waals surface area contributed by atoms with Gasteiger partial charge in [-0.2, -0.15) is 0 Å². The molecule has 5 rings (SSSR count). The summed E-state index contributed by atoms with van der Waals surface area (Å²) in [5, 5.41) is 0. The van der Waals surface area contributed by atoms with Crippen molar-refractivity contribution in [2.24, 2.45) is 28.9 Å². The summed E-state index contributed by atoms with van der Waals surface area (Å²) in [5.74, 6) is 3.93. The first-order valence-electron chi connectivity index (χ1n) is 7.46. The minimum Gasteiger partial charge on any atom is -0.469 e. The topological polar surface area (TPSA) is 39.2 Å². The van der Waals surface area contributed by atoms with Gasteiger partial charge in [0.25, 0.3) is 0 Å². The van der Waals surface area contributed by atoms with Crippen molar-refractivity contribution in [2.75, 3.05) is 0 Å². The lowest BCUT2D eigenvalue weighted by Gasteiger charge is -2.58. The van der Waals surface area contributed by atoms with E-state index >= 15 is 0 Å². The van der Waals surface area contributed by atoms with Crippen molar-refractivity contribution in [3.05, 3.63) is 23.7 Å². The third-order valence-electron chi connectivity index (χ3n) is 5.98. The van der Waals surface area contributed by atoms with Crippen LogP contribution in [0.4, 0.5) is 0 Å². The quantitative estimate of drug-likeness (QED) is 0.860. The summed E-state index contributed by atoms with van der Waals surface area (Å²) in [7, 11) is 0. The van der Waals surface area contributed by atoms with Gasteiger partial charge in [0.05, 0.1) is 6.26 Å². The molecule has 4 aliphatic carbocycles. The zero-order valence-corrected chi connectivity index (χ0v) is 11.2. The molecule has 4 bridgehead atoms. The third kappa shape index (κ3) is 1.45. The Hall–Kier alpha value is -0.760. The Morgan fingerprint density at radius 2 is 1.72 bits per heavy atom. The van der Waals surface area contributed by atoms with Crippen LogP contribution in [0.25, 0.3) is 0 Å². The van der Waals surface area contributed by atoms with Crippen molar-refractivity contribution in [3.63, 3.8) is 0 Å². The largest absolute Gasteiger partial charge is 0.469 e. The number of hydrogen-bond acceptors (Lipinski definition) is 2. The fraction of sp³-hybridized carbons (Fsp3) is 0.750. The van der Waals surface area contributed by atoms with Gasteiger partial charge in [-0.05, 0) is 74.7 Å². The molecule has 2 nitrogen and oxygen atoms in total. The number of rotatable bonds is 2. The van der Waals surface area contributed by atoms with Crippen LogP contribution in [0.3, 0.4) is 0 Å². The first-order chi connectivity index (χ1) is 8.66. The second kappa shape index (κ2) is 3.63. The molecule has 1 heterocycles. The molecule has 0 aromatic carbocycles. The van der Waals surface area contributed by atoms with Crippen LogP contribution in [0, 0.1) is 30.1 Å². The van der Waals surface area contributed by atoms with Gasteiger partial charge in [0.15, 0.2) is 0 Å². The molecule has 2 heteroatoms. The predicted molar refractivity (Wildman–Crippen MR) is 71.0 cm³/mol. The minimum atomic E-state index is 0.199. The highest BCUT2D eigenvalue weighted by molar-refractivity contribution is 5.24. The SMILES string of the molecule is Cc1occc1C(N)C12CC3CC(CC(C3)C1)C2. The van der Waals surface area contributed by atoms with Crippen LogP contribution in [0.1, 0.15) is 55.9 Å². The lowest BCUT2D eigenvalue weighted by Crippen LogP contribution is -2.50. The highest BCUT2D eigenvalue weighted by Crippen LogP contribution is 2.63. The van der Waals surface area contributed by atoms with Crippen LogP contribution in [0.5, 0.6) is 0 Å². The molecule has 1 aromatic heterocycles. The van der Waals surface area contributed by atoms with Gasteiger partial charge in [0, 0.05) is 11.6 Å². The van der Waals surface area contributed by atoms with Crippen molar-refractivity contribution in [3.8, 4) is 0 Å². The fourth-order valence-corrected chi connectivity index (χ4v) is 5.61. The molecule has 0 amide bonds. The second-order valence-electron chi connectivity index (χ2n) is 7.19. The zero-order valence-electron chi connectivity index (χ0n) is 11.2. The maximum Gasteiger partial charge on any atom is 0.105 e. The molecule has 0 aliphatic heterocycles. The first kappa shape index (κ1) is 11.1. The summed E-state index contributed by atoms with van der Waals surface area (Å²) in [6.07, 6.45) is 10.3. The highest BCUT2D eigenvalue weighted by Gasteiger charge is 2.53. The van der Waals surface area contributed by atoms with Gasteiger partial charge in [-0.25, -0.2) is 0 Å². The average Bonchev–Trinajstić information content (AvgIpc) is 2.72. The van der Waals surface area contributed by atoms with Gasteiger partial charge < -0.3 is 10.2 Å². The van der Waals surface area contributed by atoms with Gasteiger partial charge in [0.1, 0.15) is 5.76 Å². The molecule has 0 radical (unpaired) electrons. The normalized spacial score (nSPS) is 43.3. The van der Waals surface area contributed by atoms with E-state index in [0.29, 0.717) is 5.41 Å². The van der Waals surface area contributed by atoms with E-state index in [4.69, 9.17) is 10.2 Å². The van der Waals surface area contributed by atoms with Crippen molar-refractivity contribution in [2.45, 2.75) is 51.5 Å². The van der Waals surface area contributed by atoms with Crippen molar-refractivity contribution >= 4 is 0 Å². The molecular formula is C16H23NO. The molecule has 1 atom stereocenters. The zero-order chi connectivity index (χ0) is 12.3. The molecule has 98 valence electrons. The first-order valence-corrected chi connectivity index (χ1v) is 7.46. The molecule has 4 saturated carbocycles. The Morgan fingerprint density at radius 3 is 2.17 bits per heavy atom. The van der Waals surface area contributed by atoms with Crippen LogP contribution < -0.4 is 5.73 Å². The maximum atomic E-state index is 6.68. The van der Waals surface area contributed by atoms with E-state index in [0.717, 1.165) is 23.5 Å². The molecule has 4 fully saturated rings. The summed E-state index contributed by atoms with van der Waals surface area (Å²) in [6.45, 7) is 2.05. The molecule has 2 N–H and O–H groups in total. The predicted octanol–water partition coefficient (Wildman–Crippen LogP) is 3.80. The number of aryl methyl sites for hydroxylation is 1. The van der Waals surface area contributed by atoms with E-state index in [1.165, 1.54) is 44.1 Å². The molecular weight excluding hydrogens is 222 g/mol. The van der Waals surface area contributed by atoms with Gasteiger partial charge >= 0.3 is 0 Å². The molecule has 1 unspecified atom stereocenters. The van der Waals surface area contributed by atoms with E-state index in [1.54, 1.807) is 6.26 Å². The van der Waals surface area contributed by atoms with Gasteiger partial charge in [-0.1, -0.05) is 0 Å². The van der Waals surface area contributed by atoms with Crippen molar-refractivity contribution < 1.29 is 4.42 Å². The fourth-order valence-electron chi connectivity index (χ4n) is 5.61. The second-order valence-corrected chi connectivity index (χ2v) is 7.19. The van der Waals surface area contributed by atoms with E-state index < -0.39 is 0 Å². The lowest BCUT2D eigenvalue weighted by atomic mass is 9.47. The monoisotopic (exact) mass is 245 g/mol. The van der Waals surface area contributed by atoms with Crippen LogP contribution in [-0.2, 0) is 0 Å². The Labute approximate surface area is 109 Å². The summed E-state index contributed by atoms with van der Waals surface area (Å²) in [5.41, 5.74) is 8.33. The number of nitrogens with two attached hydrogens (primary N) is 1. The average molecular weight is 245 g/mol. The Kier molecular flexibility index (Phi) is 2.24. The van der Waals surface area contributed by atoms with E-state index in [1.807, 2.05) is 0 Å². The summed E-state index contributed by atoms with van der Waals surface area (Å²) >= 11 is 0. The lowest BCUT2D eigenvalue weighted by molar-refractivity contribution is -0.0679. The summed E-state index contributed by atoms with van der Waals surface area (Å²) in [4.78, 5) is 0. The maximum absolute atomic E-state index is 6.68. The Bertz CT molecular complexity index is 426. The third-order valence-corrected chi connectivity index (χ3v) is 5.98. The highest BCUT2D eigenvalue weighted by atomic mass is 16.3. The van der Waals surface area contributed by atoms with Gasteiger partial charge in [-0.15, -0.1) is 0 Å². The van der Waals surface area contributed by atoms with E-state index in [2.05, 4.69) is 13.0 Å². The molecule has 4 aliphatic rings. The smallest absolute Gasteiger partial charge is 0.105 e.